The Hall–Kier alpha value is -2.92. The van der Waals surface area contributed by atoms with Gasteiger partial charge in [0.25, 0.3) is 0 Å². The Morgan fingerprint density at radius 2 is 1.74 bits per heavy atom. The maximum absolute atomic E-state index is 12.3. The van der Waals surface area contributed by atoms with Crippen LogP contribution in [-0.4, -0.2) is 49.5 Å². The fourth-order valence-corrected chi connectivity index (χ4v) is 4.27. The Morgan fingerprint density at radius 3 is 2.39 bits per heavy atom. The molecule has 3 aromatic rings. The lowest BCUT2D eigenvalue weighted by Gasteiger charge is -2.06. The summed E-state index contributed by atoms with van der Waals surface area (Å²) in [7, 11) is 3.19. The predicted molar refractivity (Wildman–Crippen MR) is 119 cm³/mol. The van der Waals surface area contributed by atoms with Crippen molar-refractivity contribution in [1.82, 2.24) is 24.7 Å². The minimum absolute atomic E-state index is 0.179. The lowest BCUT2D eigenvalue weighted by Crippen LogP contribution is -2.14. The van der Waals surface area contributed by atoms with Gasteiger partial charge in [0, 0.05) is 24.1 Å². The summed E-state index contributed by atoms with van der Waals surface area (Å²) in [5.74, 6) is 0.922. The van der Waals surface area contributed by atoms with E-state index in [0.717, 1.165) is 17.2 Å². The van der Waals surface area contributed by atoms with Gasteiger partial charge in [-0.15, -0.1) is 10.2 Å². The molecule has 0 bridgehead atoms. The number of nitrogens with zero attached hydrogens (tertiary/aromatic N) is 5. The number of nitrogens with one attached hydrogen (secondary N) is 1. The third-order valence-electron chi connectivity index (χ3n) is 4.14. The van der Waals surface area contributed by atoms with Crippen molar-refractivity contribution in [2.75, 3.05) is 18.2 Å². The first kappa shape index (κ1) is 22.8. The van der Waals surface area contributed by atoms with Gasteiger partial charge in [0.15, 0.2) is 10.3 Å². The van der Waals surface area contributed by atoms with Gasteiger partial charge in [-0.3, -0.25) is 4.79 Å². The Balaban J connectivity index is 1.52. The average molecular weight is 459 g/mol. The van der Waals surface area contributed by atoms with Crippen LogP contribution in [0.2, 0.25) is 0 Å². The van der Waals surface area contributed by atoms with Crippen molar-refractivity contribution in [2.24, 2.45) is 7.05 Å². The van der Waals surface area contributed by atoms with Crippen molar-refractivity contribution in [3.05, 3.63) is 53.1 Å². The van der Waals surface area contributed by atoms with Crippen molar-refractivity contribution in [3.8, 4) is 0 Å². The fourth-order valence-electron chi connectivity index (χ4n) is 2.62. The molecule has 2 heterocycles. The standard InChI is InChI=1S/C20H22N6O3S2/c1-12-9-13(2)22-19(21-12)30-10-16-24-25-20(26(16)3)31-11-17(27)23-15-7-5-14(6-8-15)18(28)29-4/h5-9H,10-11H2,1-4H3,(H,23,27). The van der Waals surface area contributed by atoms with Crippen molar-refractivity contribution in [3.63, 3.8) is 0 Å². The minimum Gasteiger partial charge on any atom is -0.465 e. The number of aromatic nitrogens is 5. The van der Waals surface area contributed by atoms with E-state index >= 15 is 0 Å². The zero-order valence-corrected chi connectivity index (χ0v) is 19.2. The van der Waals surface area contributed by atoms with Gasteiger partial charge in [0.1, 0.15) is 5.82 Å². The van der Waals surface area contributed by atoms with Gasteiger partial charge in [0.2, 0.25) is 5.91 Å². The van der Waals surface area contributed by atoms with Gasteiger partial charge in [-0.2, -0.15) is 0 Å². The molecule has 0 aliphatic rings. The van der Waals surface area contributed by atoms with Crippen LogP contribution in [-0.2, 0) is 22.3 Å². The number of rotatable bonds is 8. The first-order chi connectivity index (χ1) is 14.9. The summed E-state index contributed by atoms with van der Waals surface area (Å²) < 4.78 is 6.52. The molecule has 9 nitrogen and oxygen atoms in total. The van der Waals surface area contributed by atoms with Gasteiger partial charge >= 0.3 is 5.97 Å². The van der Waals surface area contributed by atoms with E-state index in [2.05, 4.69) is 30.2 Å². The summed E-state index contributed by atoms with van der Waals surface area (Å²) in [6.07, 6.45) is 0. The number of anilines is 1. The van der Waals surface area contributed by atoms with Crippen LogP contribution in [0.25, 0.3) is 0 Å². The van der Waals surface area contributed by atoms with Gasteiger partial charge in [0.05, 0.1) is 24.2 Å². The number of esters is 1. The number of hydrogen-bond acceptors (Lipinski definition) is 9. The van der Waals surface area contributed by atoms with Gasteiger partial charge in [-0.1, -0.05) is 23.5 Å². The lowest BCUT2D eigenvalue weighted by atomic mass is 10.2. The van der Waals surface area contributed by atoms with Crippen LogP contribution in [0.15, 0.2) is 40.6 Å². The maximum Gasteiger partial charge on any atom is 0.337 e. The summed E-state index contributed by atoms with van der Waals surface area (Å²) in [6.45, 7) is 3.88. The molecule has 3 rings (SSSR count). The van der Waals surface area contributed by atoms with Gasteiger partial charge in [-0.25, -0.2) is 14.8 Å². The number of carbonyl (C=O) groups is 2. The van der Waals surface area contributed by atoms with E-state index < -0.39 is 5.97 Å². The van der Waals surface area contributed by atoms with Crippen molar-refractivity contribution < 1.29 is 14.3 Å². The Kier molecular flexibility index (Phi) is 7.64. The van der Waals surface area contributed by atoms with Crippen molar-refractivity contribution >= 4 is 41.1 Å². The van der Waals surface area contributed by atoms with Crippen LogP contribution in [0.5, 0.6) is 0 Å². The van der Waals surface area contributed by atoms with E-state index in [4.69, 9.17) is 0 Å². The van der Waals surface area contributed by atoms with E-state index in [1.165, 1.54) is 30.6 Å². The number of ether oxygens (including phenoxy) is 1. The summed E-state index contributed by atoms with van der Waals surface area (Å²) >= 11 is 2.79. The highest BCUT2D eigenvalue weighted by Gasteiger charge is 2.13. The Labute approximate surface area is 188 Å². The third kappa shape index (κ3) is 6.28. The molecule has 0 radical (unpaired) electrons. The molecule has 0 aliphatic carbocycles. The molecule has 1 aromatic carbocycles. The number of hydrogen-bond donors (Lipinski definition) is 1. The van der Waals surface area contributed by atoms with Crippen LogP contribution in [0, 0.1) is 13.8 Å². The predicted octanol–water partition coefficient (Wildman–Crippen LogP) is 3.03. The quantitative estimate of drug-likeness (QED) is 0.309. The van der Waals surface area contributed by atoms with Crippen LogP contribution >= 0.6 is 23.5 Å². The molecule has 0 saturated heterocycles. The molecule has 162 valence electrons. The molecule has 0 fully saturated rings. The van der Waals surface area contributed by atoms with Crippen LogP contribution < -0.4 is 5.32 Å². The number of benzene rings is 1. The largest absolute Gasteiger partial charge is 0.465 e. The molecule has 2 aromatic heterocycles. The lowest BCUT2D eigenvalue weighted by molar-refractivity contribution is -0.113. The van der Waals surface area contributed by atoms with Crippen molar-refractivity contribution in [2.45, 2.75) is 29.9 Å². The zero-order chi connectivity index (χ0) is 22.4. The normalized spacial score (nSPS) is 10.7. The summed E-state index contributed by atoms with van der Waals surface area (Å²) in [5.41, 5.74) is 2.87. The molecule has 0 atom stereocenters. The number of aryl methyl sites for hydroxylation is 2. The van der Waals surface area contributed by atoms with Crippen molar-refractivity contribution in [1.29, 1.82) is 0 Å². The molecule has 31 heavy (non-hydrogen) atoms. The number of carbonyl (C=O) groups excluding carboxylic acids is 2. The van der Waals surface area contributed by atoms with E-state index in [0.29, 0.717) is 27.3 Å². The van der Waals surface area contributed by atoms with E-state index in [1.54, 1.807) is 24.3 Å². The topological polar surface area (TPSA) is 112 Å². The number of amides is 1. The summed E-state index contributed by atoms with van der Waals surface area (Å²) in [5, 5.41) is 12.5. The second-order valence-electron chi connectivity index (χ2n) is 6.59. The van der Waals surface area contributed by atoms with E-state index in [9.17, 15) is 9.59 Å². The second kappa shape index (κ2) is 10.4. The highest BCUT2D eigenvalue weighted by molar-refractivity contribution is 7.99. The fraction of sp³-hybridized carbons (Fsp3) is 0.300. The van der Waals surface area contributed by atoms with Crippen LogP contribution in [0.3, 0.4) is 0 Å². The molecule has 0 aliphatic heterocycles. The molecular formula is C20H22N6O3S2. The van der Waals surface area contributed by atoms with Gasteiger partial charge < -0.3 is 14.6 Å². The number of thioether (sulfide) groups is 2. The molecule has 1 amide bonds. The average Bonchev–Trinajstić information content (AvgIpc) is 3.09. The van der Waals surface area contributed by atoms with Gasteiger partial charge in [-0.05, 0) is 44.2 Å². The molecule has 0 saturated carbocycles. The van der Waals surface area contributed by atoms with E-state index in [-0.39, 0.29) is 11.7 Å². The highest BCUT2D eigenvalue weighted by atomic mass is 32.2. The second-order valence-corrected chi connectivity index (χ2v) is 8.47. The monoisotopic (exact) mass is 458 g/mol. The SMILES string of the molecule is COC(=O)c1ccc(NC(=O)CSc2nnc(CSc3nc(C)cc(C)n3)n2C)cc1. The molecule has 0 unspecified atom stereocenters. The molecule has 11 heteroatoms. The third-order valence-corrected chi connectivity index (χ3v) is 6.00. The Morgan fingerprint density at radius 1 is 1.06 bits per heavy atom. The van der Waals surface area contributed by atoms with E-state index in [1.807, 2.05) is 31.5 Å². The molecule has 1 N–H and O–H groups in total. The first-order valence-electron chi connectivity index (χ1n) is 9.30. The first-order valence-corrected chi connectivity index (χ1v) is 11.3. The Bertz CT molecular complexity index is 1060. The highest BCUT2D eigenvalue weighted by Crippen LogP contribution is 2.22. The summed E-state index contributed by atoms with van der Waals surface area (Å²) in [6, 6.07) is 8.43. The van der Waals surface area contributed by atoms with Crippen LogP contribution in [0.4, 0.5) is 5.69 Å². The maximum atomic E-state index is 12.3. The summed E-state index contributed by atoms with van der Waals surface area (Å²) in [4.78, 5) is 32.5. The number of methoxy groups -OCH3 is 1. The smallest absolute Gasteiger partial charge is 0.337 e. The molecule has 0 spiro atoms. The van der Waals surface area contributed by atoms with Crippen LogP contribution in [0.1, 0.15) is 27.6 Å². The molecular weight excluding hydrogens is 436 g/mol. The zero-order valence-electron chi connectivity index (χ0n) is 17.6. The minimum atomic E-state index is -0.422.